The van der Waals surface area contributed by atoms with E-state index in [9.17, 15) is 0 Å². The Kier molecular flexibility index (Phi) is 5.29. The molecule has 1 aliphatic rings. The van der Waals surface area contributed by atoms with Gasteiger partial charge < -0.3 is 4.74 Å². The maximum atomic E-state index is 6.04. The van der Waals surface area contributed by atoms with Crippen molar-refractivity contribution in [2.75, 3.05) is 7.11 Å². The third kappa shape index (κ3) is 3.11. The van der Waals surface area contributed by atoms with Crippen LogP contribution in [0.25, 0.3) is 11.1 Å². The lowest BCUT2D eigenvalue weighted by Crippen LogP contribution is -2.50. The van der Waals surface area contributed by atoms with Gasteiger partial charge in [0, 0.05) is 5.56 Å². The standard InChI is InChI=1S/C23H28OSi/c1-5-25(6-2,20-14-10-11-15-20)22-17-18(3)16-21(23(22)24-4)19-12-8-7-9-13-19/h7-17,20H,5-6H2,1-4H3. The van der Waals surface area contributed by atoms with Crippen molar-refractivity contribution in [3.05, 3.63) is 72.3 Å². The molecule has 0 aromatic heterocycles. The first-order valence-corrected chi connectivity index (χ1v) is 11.7. The highest BCUT2D eigenvalue weighted by Gasteiger charge is 2.41. The van der Waals surface area contributed by atoms with Crippen LogP contribution in [0.4, 0.5) is 0 Å². The zero-order valence-electron chi connectivity index (χ0n) is 15.8. The van der Waals surface area contributed by atoms with E-state index in [1.807, 2.05) is 7.11 Å². The van der Waals surface area contributed by atoms with Gasteiger partial charge in [-0.05, 0) is 29.3 Å². The van der Waals surface area contributed by atoms with E-state index in [1.54, 1.807) is 0 Å². The van der Waals surface area contributed by atoms with Gasteiger partial charge in [-0.2, -0.15) is 0 Å². The van der Waals surface area contributed by atoms with Gasteiger partial charge in [0.2, 0.25) is 0 Å². The third-order valence-electron chi connectivity index (χ3n) is 5.71. The highest BCUT2D eigenvalue weighted by Crippen LogP contribution is 2.39. The molecular weight excluding hydrogens is 320 g/mol. The minimum absolute atomic E-state index is 0.557. The van der Waals surface area contributed by atoms with Crippen LogP contribution in [-0.4, -0.2) is 15.2 Å². The van der Waals surface area contributed by atoms with Gasteiger partial charge in [0.25, 0.3) is 0 Å². The van der Waals surface area contributed by atoms with E-state index in [0.29, 0.717) is 5.54 Å². The highest BCUT2D eigenvalue weighted by atomic mass is 28.3. The van der Waals surface area contributed by atoms with Crippen LogP contribution in [0.15, 0.2) is 66.8 Å². The maximum absolute atomic E-state index is 6.04. The monoisotopic (exact) mass is 348 g/mol. The van der Waals surface area contributed by atoms with Gasteiger partial charge in [-0.25, -0.2) is 0 Å². The van der Waals surface area contributed by atoms with Crippen LogP contribution in [0.2, 0.25) is 17.6 Å². The number of aryl methyl sites for hydroxylation is 1. The Bertz CT molecular complexity index is 773. The van der Waals surface area contributed by atoms with Crippen molar-refractivity contribution in [3.8, 4) is 16.9 Å². The predicted molar refractivity (Wildman–Crippen MR) is 112 cm³/mol. The van der Waals surface area contributed by atoms with Crippen LogP contribution in [0.5, 0.6) is 5.75 Å². The Labute approximate surface area is 153 Å². The SMILES string of the molecule is CC[Si](CC)(c1cc(C)cc(-c2ccccc2)c1OC)C1C=CC=C1. The van der Waals surface area contributed by atoms with E-state index in [0.717, 1.165) is 5.75 Å². The fourth-order valence-corrected chi connectivity index (χ4v) is 9.00. The first kappa shape index (κ1) is 17.8. The van der Waals surface area contributed by atoms with Crippen LogP contribution < -0.4 is 9.92 Å². The largest absolute Gasteiger partial charge is 0.496 e. The molecule has 2 aromatic carbocycles. The van der Waals surface area contributed by atoms with Gasteiger partial charge >= 0.3 is 0 Å². The Hall–Kier alpha value is -2.06. The lowest BCUT2D eigenvalue weighted by Gasteiger charge is -2.36. The summed E-state index contributed by atoms with van der Waals surface area (Å²) >= 11 is 0. The Balaban J connectivity index is 2.26. The molecule has 0 bridgehead atoms. The van der Waals surface area contributed by atoms with Crippen molar-refractivity contribution in [2.24, 2.45) is 0 Å². The molecule has 0 saturated carbocycles. The maximum Gasteiger partial charge on any atom is 0.125 e. The number of ether oxygens (including phenoxy) is 1. The molecule has 0 unspecified atom stereocenters. The second-order valence-electron chi connectivity index (χ2n) is 6.92. The zero-order valence-corrected chi connectivity index (χ0v) is 16.8. The second-order valence-corrected chi connectivity index (χ2v) is 11.8. The average molecular weight is 349 g/mol. The molecule has 25 heavy (non-hydrogen) atoms. The molecule has 0 atom stereocenters. The van der Waals surface area contributed by atoms with Crippen molar-refractivity contribution in [3.63, 3.8) is 0 Å². The number of allylic oxidation sites excluding steroid dienone is 4. The first-order valence-electron chi connectivity index (χ1n) is 9.25. The van der Waals surface area contributed by atoms with Crippen LogP contribution >= 0.6 is 0 Å². The molecule has 3 rings (SSSR count). The minimum atomic E-state index is -1.75. The molecule has 1 aliphatic carbocycles. The Morgan fingerprint density at radius 3 is 2.16 bits per heavy atom. The molecule has 0 radical (unpaired) electrons. The normalized spacial score (nSPS) is 14.2. The molecule has 0 fully saturated rings. The van der Waals surface area contributed by atoms with Crippen LogP contribution in [0.1, 0.15) is 19.4 Å². The van der Waals surface area contributed by atoms with E-state index in [-0.39, 0.29) is 0 Å². The van der Waals surface area contributed by atoms with Gasteiger partial charge in [0.05, 0.1) is 7.11 Å². The van der Waals surface area contributed by atoms with Crippen molar-refractivity contribution < 1.29 is 4.74 Å². The molecule has 130 valence electrons. The van der Waals surface area contributed by atoms with Crippen molar-refractivity contribution in [2.45, 2.75) is 38.4 Å². The van der Waals surface area contributed by atoms with Crippen LogP contribution in [-0.2, 0) is 0 Å². The van der Waals surface area contributed by atoms with E-state index in [2.05, 4.69) is 87.5 Å². The Morgan fingerprint density at radius 1 is 0.960 bits per heavy atom. The third-order valence-corrected chi connectivity index (χ3v) is 11.3. The summed E-state index contributed by atoms with van der Waals surface area (Å²) in [5.74, 6) is 1.08. The van der Waals surface area contributed by atoms with Gasteiger partial charge in [0.15, 0.2) is 0 Å². The Morgan fingerprint density at radius 2 is 1.60 bits per heavy atom. The van der Waals surface area contributed by atoms with Crippen molar-refractivity contribution in [1.82, 2.24) is 0 Å². The number of benzene rings is 2. The molecule has 1 nitrogen and oxygen atoms in total. The summed E-state index contributed by atoms with van der Waals surface area (Å²) in [6, 6.07) is 17.7. The smallest absolute Gasteiger partial charge is 0.125 e. The molecule has 2 aromatic rings. The number of hydrogen-bond acceptors (Lipinski definition) is 1. The number of hydrogen-bond donors (Lipinski definition) is 0. The molecule has 2 heteroatoms. The van der Waals surface area contributed by atoms with E-state index < -0.39 is 8.07 Å². The van der Waals surface area contributed by atoms with E-state index in [1.165, 1.54) is 34.0 Å². The zero-order chi connectivity index (χ0) is 17.9. The lowest BCUT2D eigenvalue weighted by molar-refractivity contribution is 0.419. The molecule has 0 spiro atoms. The van der Waals surface area contributed by atoms with Crippen molar-refractivity contribution >= 4 is 13.3 Å². The molecule has 0 N–H and O–H groups in total. The van der Waals surface area contributed by atoms with Gasteiger partial charge in [-0.3, -0.25) is 0 Å². The minimum Gasteiger partial charge on any atom is -0.496 e. The van der Waals surface area contributed by atoms with E-state index >= 15 is 0 Å². The topological polar surface area (TPSA) is 9.23 Å². The molecule has 0 aliphatic heterocycles. The van der Waals surface area contributed by atoms with E-state index in [4.69, 9.17) is 4.74 Å². The first-order chi connectivity index (χ1) is 12.2. The number of rotatable bonds is 6. The summed E-state index contributed by atoms with van der Waals surface area (Å²) in [5, 5.41) is 1.47. The van der Waals surface area contributed by atoms with Crippen LogP contribution in [0.3, 0.4) is 0 Å². The summed E-state index contributed by atoms with van der Waals surface area (Å²) in [6.07, 6.45) is 9.20. The summed E-state index contributed by atoms with van der Waals surface area (Å²) in [5.41, 5.74) is 4.33. The second kappa shape index (κ2) is 7.45. The summed E-state index contributed by atoms with van der Waals surface area (Å²) < 4.78 is 6.04. The summed E-state index contributed by atoms with van der Waals surface area (Å²) in [6.45, 7) is 6.93. The van der Waals surface area contributed by atoms with Gasteiger partial charge in [0.1, 0.15) is 13.8 Å². The summed E-state index contributed by atoms with van der Waals surface area (Å²) in [4.78, 5) is 0. The van der Waals surface area contributed by atoms with Gasteiger partial charge in [-0.1, -0.05) is 92.2 Å². The lowest BCUT2D eigenvalue weighted by atomic mass is 10.0. The summed E-state index contributed by atoms with van der Waals surface area (Å²) in [7, 11) is 0.0785. The average Bonchev–Trinajstić information content (AvgIpc) is 3.19. The number of methoxy groups -OCH3 is 1. The van der Waals surface area contributed by atoms with Crippen LogP contribution in [0, 0.1) is 6.92 Å². The molecule has 0 amide bonds. The predicted octanol–water partition coefficient (Wildman–Crippen LogP) is 5.86. The molecule has 0 saturated heterocycles. The van der Waals surface area contributed by atoms with Crippen molar-refractivity contribution in [1.29, 1.82) is 0 Å². The van der Waals surface area contributed by atoms with Gasteiger partial charge in [-0.15, -0.1) is 0 Å². The fourth-order valence-electron chi connectivity index (χ4n) is 4.28. The molecular formula is C23H28OSi. The highest BCUT2D eigenvalue weighted by molar-refractivity contribution is 6.94. The quantitative estimate of drug-likeness (QED) is 0.594. The molecule has 0 heterocycles. The fraction of sp³-hybridized carbons (Fsp3) is 0.304.